The fourth-order valence-corrected chi connectivity index (χ4v) is 4.42. The predicted octanol–water partition coefficient (Wildman–Crippen LogP) is 4.89. The lowest BCUT2D eigenvalue weighted by Gasteiger charge is -2.29. The first-order valence-corrected chi connectivity index (χ1v) is 10.4. The second-order valence-electron chi connectivity index (χ2n) is 7.44. The third-order valence-electron chi connectivity index (χ3n) is 5.53. The van der Waals surface area contributed by atoms with E-state index in [4.69, 9.17) is 12.2 Å². The third kappa shape index (κ3) is 3.47. The molecule has 4 aromatic rings. The van der Waals surface area contributed by atoms with Crippen molar-refractivity contribution in [3.05, 3.63) is 108 Å². The van der Waals surface area contributed by atoms with Crippen LogP contribution in [0.2, 0.25) is 0 Å². The molecule has 0 spiro atoms. The molecule has 1 aliphatic rings. The van der Waals surface area contributed by atoms with Crippen molar-refractivity contribution in [2.45, 2.75) is 19.0 Å². The number of anilines is 1. The summed E-state index contributed by atoms with van der Waals surface area (Å²) in [5.41, 5.74) is 4.27. The minimum Gasteiger partial charge on any atom is -0.351 e. The number of hydrogen-bond acceptors (Lipinski definition) is 3. The average molecular weight is 430 g/mol. The van der Waals surface area contributed by atoms with Gasteiger partial charge in [-0.25, -0.2) is 4.39 Å². The zero-order chi connectivity index (χ0) is 21.4. The Hall–Kier alpha value is -3.58. The number of pyridine rings is 2. The summed E-state index contributed by atoms with van der Waals surface area (Å²) >= 11 is 5.76. The van der Waals surface area contributed by atoms with Crippen LogP contribution in [-0.4, -0.2) is 19.6 Å². The van der Waals surface area contributed by atoms with Crippen LogP contribution in [0.25, 0.3) is 5.69 Å². The highest BCUT2D eigenvalue weighted by Gasteiger charge is 2.42. The van der Waals surface area contributed by atoms with E-state index in [-0.39, 0.29) is 17.9 Å². The Labute approximate surface area is 185 Å². The number of rotatable bonds is 4. The Balaban J connectivity index is 1.68. The zero-order valence-electron chi connectivity index (χ0n) is 16.8. The van der Waals surface area contributed by atoms with Crippen LogP contribution in [0.15, 0.2) is 85.5 Å². The first-order valence-electron chi connectivity index (χ1n) is 9.98. The molecular formula is C24H20FN5S. The molecule has 5 rings (SSSR count). The Morgan fingerprint density at radius 1 is 1.00 bits per heavy atom. The largest absolute Gasteiger partial charge is 0.351 e. The molecule has 1 fully saturated rings. The zero-order valence-corrected chi connectivity index (χ0v) is 17.6. The predicted molar refractivity (Wildman–Crippen MR) is 123 cm³/mol. The second kappa shape index (κ2) is 7.92. The summed E-state index contributed by atoms with van der Waals surface area (Å²) in [6.45, 7) is 1.76. The SMILES string of the molecule is Cc1cc(N2C(=S)N[C@@H](c3ccccn3)[C@H]2c2cccn2-c2cccnc2)ccc1F. The molecule has 0 amide bonds. The van der Waals surface area contributed by atoms with Gasteiger partial charge in [-0.1, -0.05) is 6.07 Å². The molecule has 5 nitrogen and oxygen atoms in total. The highest BCUT2D eigenvalue weighted by Crippen LogP contribution is 2.42. The van der Waals surface area contributed by atoms with E-state index in [0.717, 1.165) is 22.8 Å². The molecule has 1 saturated heterocycles. The average Bonchev–Trinajstić information content (AvgIpc) is 3.41. The number of benzene rings is 1. The van der Waals surface area contributed by atoms with E-state index in [2.05, 4.69) is 25.9 Å². The van der Waals surface area contributed by atoms with Crippen molar-refractivity contribution < 1.29 is 4.39 Å². The van der Waals surface area contributed by atoms with Gasteiger partial charge in [-0.3, -0.25) is 9.97 Å². The van der Waals surface area contributed by atoms with E-state index in [1.54, 1.807) is 25.4 Å². The van der Waals surface area contributed by atoms with Gasteiger partial charge in [0.1, 0.15) is 11.9 Å². The van der Waals surface area contributed by atoms with Gasteiger partial charge in [-0.15, -0.1) is 0 Å². The maximum absolute atomic E-state index is 14.0. The van der Waals surface area contributed by atoms with Gasteiger partial charge in [-0.05, 0) is 79.3 Å². The monoisotopic (exact) mass is 429 g/mol. The van der Waals surface area contributed by atoms with E-state index in [1.165, 1.54) is 6.07 Å². The van der Waals surface area contributed by atoms with Crippen molar-refractivity contribution >= 4 is 23.0 Å². The Morgan fingerprint density at radius 3 is 2.65 bits per heavy atom. The molecule has 0 bridgehead atoms. The molecule has 0 unspecified atom stereocenters. The van der Waals surface area contributed by atoms with Gasteiger partial charge in [0.05, 0.1) is 23.6 Å². The quantitative estimate of drug-likeness (QED) is 0.468. The molecule has 1 aromatic carbocycles. The summed E-state index contributed by atoms with van der Waals surface area (Å²) in [6.07, 6.45) is 7.37. The first kappa shape index (κ1) is 19.4. The molecular weight excluding hydrogens is 409 g/mol. The fraction of sp³-hybridized carbons (Fsp3) is 0.125. The number of thiocarbonyl (C=S) groups is 1. The van der Waals surface area contributed by atoms with Crippen molar-refractivity contribution in [3.8, 4) is 5.69 Å². The van der Waals surface area contributed by atoms with Crippen LogP contribution >= 0.6 is 12.2 Å². The topological polar surface area (TPSA) is 46.0 Å². The van der Waals surface area contributed by atoms with Gasteiger partial charge >= 0.3 is 0 Å². The lowest BCUT2D eigenvalue weighted by molar-refractivity contribution is 0.549. The van der Waals surface area contributed by atoms with Crippen molar-refractivity contribution in [1.82, 2.24) is 19.9 Å². The van der Waals surface area contributed by atoms with Crippen LogP contribution in [0.4, 0.5) is 10.1 Å². The molecule has 2 atom stereocenters. The van der Waals surface area contributed by atoms with E-state index >= 15 is 0 Å². The van der Waals surface area contributed by atoms with Crippen molar-refractivity contribution in [1.29, 1.82) is 0 Å². The number of aryl methyl sites for hydroxylation is 1. The summed E-state index contributed by atoms with van der Waals surface area (Å²) in [5, 5.41) is 4.02. The Kier molecular flexibility index (Phi) is 4.95. The number of hydrogen-bond donors (Lipinski definition) is 1. The van der Waals surface area contributed by atoms with Crippen LogP contribution in [-0.2, 0) is 0 Å². The Bertz CT molecular complexity index is 1230. The Morgan fingerprint density at radius 2 is 1.90 bits per heavy atom. The lowest BCUT2D eigenvalue weighted by atomic mass is 10.0. The summed E-state index contributed by atoms with van der Waals surface area (Å²) in [4.78, 5) is 10.9. The van der Waals surface area contributed by atoms with Crippen molar-refractivity contribution in [3.63, 3.8) is 0 Å². The third-order valence-corrected chi connectivity index (χ3v) is 5.84. The minimum atomic E-state index is -0.238. The van der Waals surface area contributed by atoms with Gasteiger partial charge in [0.15, 0.2) is 5.11 Å². The molecule has 3 aromatic heterocycles. The molecule has 31 heavy (non-hydrogen) atoms. The second-order valence-corrected chi connectivity index (χ2v) is 7.83. The molecule has 0 aliphatic carbocycles. The minimum absolute atomic E-state index is 0.176. The maximum atomic E-state index is 14.0. The van der Waals surface area contributed by atoms with E-state index in [0.29, 0.717) is 10.7 Å². The molecule has 154 valence electrons. The van der Waals surface area contributed by atoms with Crippen LogP contribution < -0.4 is 10.2 Å². The first-order chi connectivity index (χ1) is 15.1. The number of nitrogens with one attached hydrogen (secondary N) is 1. The summed E-state index contributed by atoms with van der Waals surface area (Å²) in [5.74, 6) is -0.238. The van der Waals surface area contributed by atoms with Gasteiger partial charge in [0.25, 0.3) is 0 Å². The van der Waals surface area contributed by atoms with Gasteiger partial charge < -0.3 is 14.8 Å². The molecule has 1 aliphatic heterocycles. The molecule has 1 N–H and O–H groups in total. The highest BCUT2D eigenvalue weighted by atomic mass is 32.1. The standard InChI is InChI=1S/C24H20FN5S/c1-16-14-17(9-10-19(16)25)30-23(22(28-24(30)31)20-7-2-3-12-27-20)21-8-5-13-29(21)18-6-4-11-26-15-18/h2-15,22-23H,1H3,(H,28,31)/t22-,23+/m0/s1. The molecule has 0 saturated carbocycles. The van der Waals surface area contributed by atoms with Gasteiger partial charge in [0, 0.05) is 30.0 Å². The van der Waals surface area contributed by atoms with E-state index in [1.807, 2.05) is 59.8 Å². The molecule has 4 heterocycles. The molecule has 7 heteroatoms. The summed E-state index contributed by atoms with van der Waals surface area (Å²) in [7, 11) is 0. The summed E-state index contributed by atoms with van der Waals surface area (Å²) < 4.78 is 16.1. The molecule has 0 radical (unpaired) electrons. The smallest absolute Gasteiger partial charge is 0.174 e. The normalized spacial score (nSPS) is 18.3. The van der Waals surface area contributed by atoms with Gasteiger partial charge in [-0.2, -0.15) is 0 Å². The van der Waals surface area contributed by atoms with Crippen molar-refractivity contribution in [2.75, 3.05) is 4.90 Å². The number of nitrogens with zero attached hydrogens (tertiary/aromatic N) is 4. The van der Waals surface area contributed by atoms with E-state index in [9.17, 15) is 4.39 Å². The number of aromatic nitrogens is 3. The fourth-order valence-electron chi connectivity index (χ4n) is 4.08. The lowest BCUT2D eigenvalue weighted by Crippen LogP contribution is -2.30. The highest BCUT2D eigenvalue weighted by molar-refractivity contribution is 7.80. The van der Waals surface area contributed by atoms with Crippen LogP contribution in [0, 0.1) is 12.7 Å². The van der Waals surface area contributed by atoms with Crippen LogP contribution in [0.1, 0.15) is 29.0 Å². The van der Waals surface area contributed by atoms with E-state index < -0.39 is 0 Å². The van der Waals surface area contributed by atoms with Crippen LogP contribution in [0.3, 0.4) is 0 Å². The maximum Gasteiger partial charge on any atom is 0.174 e. The van der Waals surface area contributed by atoms with Gasteiger partial charge in [0.2, 0.25) is 0 Å². The van der Waals surface area contributed by atoms with Crippen molar-refractivity contribution in [2.24, 2.45) is 0 Å². The van der Waals surface area contributed by atoms with Crippen LogP contribution in [0.5, 0.6) is 0 Å². The summed E-state index contributed by atoms with van der Waals surface area (Å²) in [6, 6.07) is 18.6. The number of halogens is 1.